The number of aromatic nitrogens is 3. The molecule has 1 N–H and O–H groups in total. The van der Waals surface area contributed by atoms with E-state index in [1.165, 1.54) is 0 Å². The van der Waals surface area contributed by atoms with E-state index >= 15 is 0 Å². The Morgan fingerprint density at radius 2 is 1.90 bits per heavy atom. The highest BCUT2D eigenvalue weighted by atomic mass is 35.5. The Kier molecular flexibility index (Phi) is 12.1. The highest BCUT2D eigenvalue weighted by molar-refractivity contribution is 5.93. The van der Waals surface area contributed by atoms with E-state index in [-0.39, 0.29) is 54.4 Å². The maximum Gasteiger partial charge on any atom is 0.276 e. The van der Waals surface area contributed by atoms with Crippen LogP contribution in [0.2, 0.25) is 0 Å². The van der Waals surface area contributed by atoms with E-state index < -0.39 is 0 Å². The van der Waals surface area contributed by atoms with Crippen LogP contribution in [0.15, 0.2) is 30.3 Å². The number of para-hydroxylation sites is 1. The summed E-state index contributed by atoms with van der Waals surface area (Å²) < 4.78 is 18.0. The Hall–Kier alpha value is -2.57. The van der Waals surface area contributed by atoms with Crippen molar-refractivity contribution in [3.8, 4) is 5.69 Å². The maximum absolute atomic E-state index is 14.1. The molecular formula is C27H41ClN6O5. The summed E-state index contributed by atoms with van der Waals surface area (Å²) in [5, 5.41) is 12.1. The van der Waals surface area contributed by atoms with Gasteiger partial charge in [-0.3, -0.25) is 9.59 Å². The number of amides is 2. The number of morpholine rings is 1. The van der Waals surface area contributed by atoms with Crippen LogP contribution in [0.25, 0.3) is 5.69 Å². The summed E-state index contributed by atoms with van der Waals surface area (Å²) in [7, 11) is 1.62. The molecule has 11 nitrogen and oxygen atoms in total. The summed E-state index contributed by atoms with van der Waals surface area (Å²) in [4.78, 5) is 31.1. The Morgan fingerprint density at radius 3 is 2.59 bits per heavy atom. The average Bonchev–Trinajstić information content (AvgIpc) is 3.38. The van der Waals surface area contributed by atoms with E-state index in [0.29, 0.717) is 71.3 Å². The number of carbonyl (C=O) groups excluding carboxylic acids is 2. The molecule has 0 unspecified atom stereocenters. The van der Waals surface area contributed by atoms with Gasteiger partial charge in [0.05, 0.1) is 44.6 Å². The number of carbonyl (C=O) groups is 2. The van der Waals surface area contributed by atoms with Crippen molar-refractivity contribution in [2.45, 2.75) is 32.9 Å². The molecule has 2 fully saturated rings. The molecule has 0 radical (unpaired) electrons. The molecule has 2 amide bonds. The van der Waals surface area contributed by atoms with Gasteiger partial charge in [0.1, 0.15) is 5.69 Å². The average molecular weight is 565 g/mol. The first-order valence-electron chi connectivity index (χ1n) is 13.4. The minimum absolute atomic E-state index is 0. The molecule has 1 aromatic carbocycles. The van der Waals surface area contributed by atoms with E-state index in [9.17, 15) is 9.59 Å². The zero-order chi connectivity index (χ0) is 26.9. The lowest BCUT2D eigenvalue weighted by atomic mass is 9.92. The normalized spacial score (nSPS) is 19.5. The second kappa shape index (κ2) is 15.3. The highest BCUT2D eigenvalue weighted by Crippen LogP contribution is 2.23. The lowest BCUT2D eigenvalue weighted by Gasteiger charge is -2.40. The predicted molar refractivity (Wildman–Crippen MR) is 148 cm³/mol. The molecule has 0 bridgehead atoms. The van der Waals surface area contributed by atoms with Crippen LogP contribution in [-0.4, -0.2) is 109 Å². The van der Waals surface area contributed by atoms with Crippen LogP contribution in [0.4, 0.5) is 0 Å². The van der Waals surface area contributed by atoms with Crippen molar-refractivity contribution in [1.29, 1.82) is 0 Å². The lowest BCUT2D eigenvalue weighted by Crippen LogP contribution is -2.56. The summed E-state index contributed by atoms with van der Waals surface area (Å²) in [5.41, 5.74) is 1.67. The number of halogens is 1. The Balaban J connectivity index is 0.00000420. The van der Waals surface area contributed by atoms with Crippen molar-refractivity contribution >= 4 is 24.2 Å². The Labute approximate surface area is 236 Å². The van der Waals surface area contributed by atoms with Crippen molar-refractivity contribution in [3.05, 3.63) is 41.7 Å². The van der Waals surface area contributed by atoms with Gasteiger partial charge < -0.3 is 29.3 Å². The van der Waals surface area contributed by atoms with Crippen molar-refractivity contribution in [2.24, 2.45) is 11.8 Å². The molecule has 4 rings (SSSR count). The van der Waals surface area contributed by atoms with Gasteiger partial charge in [-0.15, -0.1) is 17.5 Å². The van der Waals surface area contributed by atoms with E-state index in [1.54, 1.807) is 11.8 Å². The molecule has 2 aliphatic rings. The van der Waals surface area contributed by atoms with Crippen LogP contribution in [0, 0.1) is 11.8 Å². The van der Waals surface area contributed by atoms with Gasteiger partial charge in [-0.25, -0.2) is 4.68 Å². The summed E-state index contributed by atoms with van der Waals surface area (Å²) >= 11 is 0. The summed E-state index contributed by atoms with van der Waals surface area (Å²) in [6, 6.07) is 9.45. The first-order valence-corrected chi connectivity index (χ1v) is 13.4. The van der Waals surface area contributed by atoms with Crippen molar-refractivity contribution in [1.82, 2.24) is 30.1 Å². The lowest BCUT2D eigenvalue weighted by molar-refractivity contribution is -0.140. The molecule has 2 aromatic rings. The van der Waals surface area contributed by atoms with Gasteiger partial charge in [0.15, 0.2) is 5.69 Å². The molecular weight excluding hydrogens is 524 g/mol. The number of hydrogen-bond acceptors (Lipinski definition) is 8. The molecule has 2 aliphatic heterocycles. The van der Waals surface area contributed by atoms with Crippen LogP contribution in [0.3, 0.4) is 0 Å². The number of piperidine rings is 1. The van der Waals surface area contributed by atoms with Crippen molar-refractivity contribution in [2.75, 3.05) is 66.3 Å². The zero-order valence-electron chi connectivity index (χ0n) is 23.1. The number of ether oxygens (including phenoxy) is 3. The first-order chi connectivity index (χ1) is 18.5. The van der Waals surface area contributed by atoms with Gasteiger partial charge in [0, 0.05) is 45.9 Å². The highest BCUT2D eigenvalue weighted by Gasteiger charge is 2.37. The van der Waals surface area contributed by atoms with E-state index in [2.05, 4.69) is 29.5 Å². The number of hydrogen-bond donors (Lipinski definition) is 1. The van der Waals surface area contributed by atoms with Gasteiger partial charge in [-0.1, -0.05) is 37.3 Å². The van der Waals surface area contributed by atoms with Crippen LogP contribution in [0.1, 0.15) is 36.5 Å². The molecule has 0 spiro atoms. The number of nitrogens with one attached hydrogen (secondary N) is 1. The maximum atomic E-state index is 14.1. The number of rotatable bonds is 11. The van der Waals surface area contributed by atoms with Crippen LogP contribution in [0.5, 0.6) is 0 Å². The standard InChI is InChI=1S/C27H40N6O5.ClH/c1-20(2)18-32(23-15-21(16-28-17-23)26(34)31-9-11-37-12-10-31)27(35)25-24(19-38-14-13-36-3)33(30-29-25)22-7-5-4-6-8-22;/h4-8,20-21,23,28H,9-19H2,1-3H3;1H/t21-,23+;/m1./s1. The molecule has 2 saturated heterocycles. The number of benzene rings is 1. The zero-order valence-corrected chi connectivity index (χ0v) is 23.9. The summed E-state index contributed by atoms with van der Waals surface area (Å²) in [6.45, 7) is 9.32. The molecule has 1 aromatic heterocycles. The fraction of sp³-hybridized carbons (Fsp3) is 0.630. The third-order valence-corrected chi connectivity index (χ3v) is 6.90. The van der Waals surface area contributed by atoms with Crippen LogP contribution in [-0.2, 0) is 25.6 Å². The van der Waals surface area contributed by atoms with E-state index in [0.717, 1.165) is 5.69 Å². The quantitative estimate of drug-likeness (QED) is 0.411. The summed E-state index contributed by atoms with van der Waals surface area (Å²) in [6.07, 6.45) is 0.605. The van der Waals surface area contributed by atoms with Gasteiger partial charge in [0.25, 0.3) is 5.91 Å². The predicted octanol–water partition coefficient (Wildman–Crippen LogP) is 1.79. The molecule has 2 atom stereocenters. The van der Waals surface area contributed by atoms with Crippen molar-refractivity contribution < 1.29 is 23.8 Å². The van der Waals surface area contributed by atoms with Gasteiger partial charge in [-0.05, 0) is 24.5 Å². The van der Waals surface area contributed by atoms with E-state index in [1.807, 2.05) is 40.1 Å². The third-order valence-electron chi connectivity index (χ3n) is 6.90. The van der Waals surface area contributed by atoms with Crippen LogP contribution >= 0.6 is 12.4 Å². The fourth-order valence-electron chi connectivity index (χ4n) is 5.00. The van der Waals surface area contributed by atoms with Crippen molar-refractivity contribution in [3.63, 3.8) is 0 Å². The van der Waals surface area contributed by atoms with Gasteiger partial charge >= 0.3 is 0 Å². The largest absolute Gasteiger partial charge is 0.382 e. The molecule has 39 heavy (non-hydrogen) atoms. The minimum Gasteiger partial charge on any atom is -0.382 e. The topological polar surface area (TPSA) is 111 Å². The number of nitrogens with zero attached hydrogens (tertiary/aromatic N) is 5. The molecule has 0 aliphatic carbocycles. The SMILES string of the molecule is COCCOCc1c(C(=O)N(CC(C)C)[C@@H]2CNC[C@H](C(=O)N3CCOCC3)C2)nnn1-c1ccccc1.Cl. The summed E-state index contributed by atoms with van der Waals surface area (Å²) in [5.74, 6) is -0.0202. The van der Waals surface area contributed by atoms with Crippen LogP contribution < -0.4 is 5.32 Å². The molecule has 216 valence electrons. The molecule has 12 heteroatoms. The Morgan fingerprint density at radius 1 is 1.15 bits per heavy atom. The minimum atomic E-state index is -0.197. The van der Waals surface area contributed by atoms with Gasteiger partial charge in [0.2, 0.25) is 5.91 Å². The smallest absolute Gasteiger partial charge is 0.276 e. The fourth-order valence-corrected chi connectivity index (χ4v) is 5.00. The van der Waals surface area contributed by atoms with E-state index in [4.69, 9.17) is 14.2 Å². The van der Waals surface area contributed by atoms with Gasteiger partial charge in [-0.2, -0.15) is 0 Å². The molecule has 0 saturated carbocycles. The Bertz CT molecular complexity index is 1050. The second-order valence-corrected chi connectivity index (χ2v) is 10.2. The first kappa shape index (κ1) is 31.0. The molecule has 3 heterocycles. The monoisotopic (exact) mass is 564 g/mol. The number of methoxy groups -OCH3 is 1. The second-order valence-electron chi connectivity index (χ2n) is 10.2. The third kappa shape index (κ3) is 7.98.